The van der Waals surface area contributed by atoms with E-state index in [1.807, 2.05) is 0 Å². The Hall–Kier alpha value is -2.19. The third-order valence-electron chi connectivity index (χ3n) is 1.55. The molecule has 9 heteroatoms. The Morgan fingerprint density at radius 2 is 2.36 bits per heavy atom. The predicted molar refractivity (Wildman–Crippen MR) is 40.9 cm³/mol. The summed E-state index contributed by atoms with van der Waals surface area (Å²) in [6, 6.07) is 0. The number of nitrogens with one attached hydrogen (secondary N) is 1. The summed E-state index contributed by atoms with van der Waals surface area (Å²) >= 11 is 0. The molecule has 2 aromatic heterocycles. The lowest BCUT2D eigenvalue weighted by molar-refractivity contribution is -0.107. The van der Waals surface area contributed by atoms with Crippen LogP contribution in [0.2, 0.25) is 0 Å². The van der Waals surface area contributed by atoms with E-state index in [0.717, 1.165) is 6.29 Å². The Bertz CT molecular complexity index is 405. The molecule has 0 unspecified atom stereocenters. The number of nitrogens with zero attached hydrogens (tertiary/aromatic N) is 7. The lowest BCUT2D eigenvalue weighted by Crippen LogP contribution is -2.08. The van der Waals surface area contributed by atoms with E-state index in [9.17, 15) is 4.79 Å². The third kappa shape index (κ3) is 1.60. The fraction of sp³-hybridized carbons (Fsp3) is 0.400. The Morgan fingerprint density at radius 3 is 3.07 bits per heavy atom. The van der Waals surface area contributed by atoms with Gasteiger partial charge in [-0.15, -0.1) is 15.3 Å². The molecular weight excluding hydrogens is 188 g/mol. The third-order valence-corrected chi connectivity index (χ3v) is 1.55. The minimum absolute atomic E-state index is 0.171. The molecule has 0 spiro atoms. The van der Waals surface area contributed by atoms with Crippen molar-refractivity contribution in [2.24, 2.45) is 0 Å². The maximum absolute atomic E-state index is 10.3. The first kappa shape index (κ1) is 8.41. The molecule has 2 heterocycles. The van der Waals surface area contributed by atoms with Gasteiger partial charge in [-0.2, -0.15) is 5.21 Å². The normalized spacial score (nSPS) is 10.3. The summed E-state index contributed by atoms with van der Waals surface area (Å²) in [5.41, 5.74) is 0. The standard InChI is InChI=1S/C5H6N8O/c14-2-1-5-8-11-12-13(5)3-4-6-9-10-7-4/h2H,1,3H2,(H,6,7,9,10). The Morgan fingerprint density at radius 1 is 1.43 bits per heavy atom. The Kier molecular flexibility index (Phi) is 2.21. The number of aromatic amines is 1. The molecule has 0 aliphatic rings. The minimum Gasteiger partial charge on any atom is -0.303 e. The van der Waals surface area contributed by atoms with Gasteiger partial charge < -0.3 is 4.79 Å². The van der Waals surface area contributed by atoms with Crippen LogP contribution in [0.1, 0.15) is 11.6 Å². The molecule has 0 bridgehead atoms. The summed E-state index contributed by atoms with van der Waals surface area (Å²) in [6.45, 7) is 0.298. The van der Waals surface area contributed by atoms with E-state index in [1.165, 1.54) is 4.68 Å². The number of carbonyl (C=O) groups excluding carboxylic acids is 1. The number of rotatable bonds is 4. The second kappa shape index (κ2) is 3.68. The Labute approximate surface area is 77.5 Å². The molecule has 14 heavy (non-hydrogen) atoms. The second-order valence-electron chi connectivity index (χ2n) is 2.45. The molecule has 2 rings (SSSR count). The van der Waals surface area contributed by atoms with Crippen LogP contribution in [0.5, 0.6) is 0 Å². The van der Waals surface area contributed by atoms with Gasteiger partial charge in [0.15, 0.2) is 11.6 Å². The van der Waals surface area contributed by atoms with Crippen LogP contribution in [0.15, 0.2) is 0 Å². The highest BCUT2D eigenvalue weighted by Gasteiger charge is 2.07. The summed E-state index contributed by atoms with van der Waals surface area (Å²) in [4.78, 5) is 10.3. The van der Waals surface area contributed by atoms with Gasteiger partial charge in [0.25, 0.3) is 0 Å². The maximum Gasteiger partial charge on any atom is 0.196 e. The summed E-state index contributed by atoms with van der Waals surface area (Å²) in [5.74, 6) is 0.939. The van der Waals surface area contributed by atoms with Crippen molar-refractivity contribution in [1.29, 1.82) is 0 Å². The van der Waals surface area contributed by atoms with Gasteiger partial charge in [0.1, 0.15) is 12.8 Å². The summed E-state index contributed by atoms with van der Waals surface area (Å²) in [7, 11) is 0. The van der Waals surface area contributed by atoms with Crippen molar-refractivity contribution >= 4 is 6.29 Å². The van der Waals surface area contributed by atoms with E-state index in [2.05, 4.69) is 36.1 Å². The molecule has 0 fully saturated rings. The molecule has 0 aliphatic carbocycles. The van der Waals surface area contributed by atoms with Gasteiger partial charge >= 0.3 is 0 Å². The molecule has 0 aromatic carbocycles. The zero-order valence-electron chi connectivity index (χ0n) is 7.03. The lowest BCUT2D eigenvalue weighted by atomic mass is 10.4. The van der Waals surface area contributed by atoms with Crippen molar-refractivity contribution in [2.75, 3.05) is 0 Å². The van der Waals surface area contributed by atoms with E-state index >= 15 is 0 Å². The first-order valence-electron chi connectivity index (χ1n) is 3.81. The van der Waals surface area contributed by atoms with Crippen molar-refractivity contribution in [1.82, 2.24) is 40.8 Å². The molecule has 0 radical (unpaired) electrons. The Balaban J connectivity index is 2.16. The second-order valence-corrected chi connectivity index (χ2v) is 2.45. The zero-order chi connectivity index (χ0) is 9.80. The highest BCUT2D eigenvalue weighted by molar-refractivity contribution is 5.52. The van der Waals surface area contributed by atoms with Gasteiger partial charge in [-0.05, 0) is 10.4 Å². The van der Waals surface area contributed by atoms with E-state index < -0.39 is 0 Å². The summed E-state index contributed by atoms with van der Waals surface area (Å²) in [6.07, 6.45) is 0.906. The molecule has 2 aromatic rings. The van der Waals surface area contributed by atoms with Gasteiger partial charge in [-0.3, -0.25) is 0 Å². The van der Waals surface area contributed by atoms with Crippen LogP contribution >= 0.6 is 0 Å². The average molecular weight is 194 g/mol. The maximum atomic E-state index is 10.3. The number of tetrazole rings is 2. The van der Waals surface area contributed by atoms with Gasteiger partial charge in [0, 0.05) is 0 Å². The number of hydrogen-bond donors (Lipinski definition) is 1. The lowest BCUT2D eigenvalue weighted by Gasteiger charge is -1.96. The quantitative estimate of drug-likeness (QED) is 0.558. The number of aldehydes is 1. The molecular formula is C5H6N8O. The van der Waals surface area contributed by atoms with Gasteiger partial charge in [0.05, 0.1) is 6.42 Å². The molecule has 72 valence electrons. The molecule has 1 N–H and O–H groups in total. The fourth-order valence-corrected chi connectivity index (χ4v) is 0.950. The van der Waals surface area contributed by atoms with Gasteiger partial charge in [0.2, 0.25) is 0 Å². The fourth-order valence-electron chi connectivity index (χ4n) is 0.950. The van der Waals surface area contributed by atoms with E-state index in [4.69, 9.17) is 0 Å². The van der Waals surface area contributed by atoms with Crippen LogP contribution in [0.3, 0.4) is 0 Å². The number of carbonyl (C=O) groups is 1. The van der Waals surface area contributed by atoms with Crippen molar-refractivity contribution in [3.05, 3.63) is 11.6 Å². The molecule has 0 saturated carbocycles. The largest absolute Gasteiger partial charge is 0.303 e. The monoisotopic (exact) mass is 194 g/mol. The SMILES string of the molecule is O=CCc1nnnn1Cc1nn[nH]n1. The predicted octanol–water partition coefficient (Wildman–Crippen LogP) is -2.02. The first-order chi connectivity index (χ1) is 6.90. The van der Waals surface area contributed by atoms with Crippen LogP contribution in [-0.2, 0) is 17.8 Å². The summed E-state index contributed by atoms with van der Waals surface area (Å²) in [5, 5.41) is 24.0. The number of H-pyrrole nitrogens is 1. The highest BCUT2D eigenvalue weighted by Crippen LogP contribution is 1.95. The molecule has 0 saturated heterocycles. The molecule has 0 aliphatic heterocycles. The minimum atomic E-state index is 0.171. The van der Waals surface area contributed by atoms with Crippen LogP contribution < -0.4 is 0 Å². The molecule has 0 amide bonds. The van der Waals surface area contributed by atoms with E-state index in [0.29, 0.717) is 18.2 Å². The zero-order valence-corrected chi connectivity index (χ0v) is 7.03. The molecule has 0 atom stereocenters. The molecule has 9 nitrogen and oxygen atoms in total. The van der Waals surface area contributed by atoms with Crippen molar-refractivity contribution in [3.63, 3.8) is 0 Å². The van der Waals surface area contributed by atoms with E-state index in [1.54, 1.807) is 0 Å². The number of hydrogen-bond acceptors (Lipinski definition) is 7. The average Bonchev–Trinajstić information content (AvgIpc) is 2.80. The number of aromatic nitrogens is 8. The van der Waals surface area contributed by atoms with Crippen LogP contribution in [0, 0.1) is 0 Å². The van der Waals surface area contributed by atoms with Crippen molar-refractivity contribution in [2.45, 2.75) is 13.0 Å². The van der Waals surface area contributed by atoms with Crippen LogP contribution in [-0.4, -0.2) is 47.1 Å². The van der Waals surface area contributed by atoms with E-state index in [-0.39, 0.29) is 6.42 Å². The topological polar surface area (TPSA) is 115 Å². The van der Waals surface area contributed by atoms with Crippen molar-refractivity contribution in [3.8, 4) is 0 Å². The van der Waals surface area contributed by atoms with Crippen molar-refractivity contribution < 1.29 is 4.79 Å². The first-order valence-corrected chi connectivity index (χ1v) is 3.81. The van der Waals surface area contributed by atoms with Crippen LogP contribution in [0.4, 0.5) is 0 Å². The van der Waals surface area contributed by atoms with Gasteiger partial charge in [-0.1, -0.05) is 5.21 Å². The van der Waals surface area contributed by atoms with Gasteiger partial charge in [-0.25, -0.2) is 4.68 Å². The van der Waals surface area contributed by atoms with Crippen LogP contribution in [0.25, 0.3) is 0 Å². The smallest absolute Gasteiger partial charge is 0.196 e. The highest BCUT2D eigenvalue weighted by atomic mass is 16.1. The summed E-state index contributed by atoms with van der Waals surface area (Å²) < 4.78 is 1.44.